The van der Waals surface area contributed by atoms with Crippen LogP contribution >= 0.6 is 29.7 Å². The molecule has 0 spiro atoms. The van der Waals surface area contributed by atoms with E-state index in [1.54, 1.807) is 33.4 Å². The Hall–Kier alpha value is 0.418. The van der Waals surface area contributed by atoms with Gasteiger partial charge in [0.05, 0.1) is 0 Å². The summed E-state index contributed by atoms with van der Waals surface area (Å²) in [5.41, 5.74) is 22.1. The van der Waals surface area contributed by atoms with Crippen LogP contribution in [0.15, 0.2) is 27.9 Å². The monoisotopic (exact) mass is 889 g/mol. The van der Waals surface area contributed by atoms with Gasteiger partial charge in [-0.1, -0.05) is 146 Å². The molecular formula is C49H78Cl3NSi2Ti-2. The van der Waals surface area contributed by atoms with Crippen molar-refractivity contribution in [3.05, 3.63) is 73.7 Å². The van der Waals surface area contributed by atoms with Crippen molar-refractivity contribution in [1.29, 1.82) is 0 Å². The van der Waals surface area contributed by atoms with Crippen molar-refractivity contribution in [3.63, 3.8) is 0 Å². The van der Waals surface area contributed by atoms with E-state index in [4.69, 9.17) is 34.7 Å². The molecular weight excluding hydrogens is 813 g/mol. The summed E-state index contributed by atoms with van der Waals surface area (Å²) in [4.78, 5) is 5.53. The summed E-state index contributed by atoms with van der Waals surface area (Å²) in [6.45, 7) is 41.4. The van der Waals surface area contributed by atoms with Crippen LogP contribution in [0, 0.1) is 46.8 Å². The first-order valence-electron chi connectivity index (χ1n) is 21.6. The van der Waals surface area contributed by atoms with E-state index < -0.39 is 32.7 Å². The Morgan fingerprint density at radius 1 is 0.696 bits per heavy atom. The standard InChI is InChI=1S/C26H44NSi.C22H31ClSi.CH3.2ClH.Ti/c1-16-11-17-18-12-25(5,6)13-19(18)20-14-26(7,8)15-21(20)22(17)23(16)28(9,10)27-24(2,3)4;1-13-8-14-15-9-21(2,3)10-16(15)17-11-22(4,5)12-18(17)19(14)20(13)24(6,7)23;;;;/h16-17,22-23H,11-15H2,1-10H3;8,20H,9-12H2,1-7H3;1H3;2*1H;/q-1;;-1;;;+2/p-2. The van der Waals surface area contributed by atoms with Crippen LogP contribution in [0.3, 0.4) is 0 Å². The van der Waals surface area contributed by atoms with Gasteiger partial charge < -0.3 is 12.4 Å². The van der Waals surface area contributed by atoms with Crippen molar-refractivity contribution in [2.24, 2.45) is 39.4 Å². The van der Waals surface area contributed by atoms with E-state index in [1.807, 2.05) is 22.3 Å². The van der Waals surface area contributed by atoms with Gasteiger partial charge in [0, 0.05) is 5.54 Å². The average molecular weight is 892 g/mol. The predicted molar refractivity (Wildman–Crippen MR) is 252 cm³/mol. The summed E-state index contributed by atoms with van der Waals surface area (Å²) in [6.07, 6.45) is 14.2. The Morgan fingerprint density at radius 3 is 1.62 bits per heavy atom. The molecule has 5 unspecified atom stereocenters. The van der Waals surface area contributed by atoms with E-state index in [1.165, 1.54) is 63.4 Å². The first-order chi connectivity index (χ1) is 24.9. The molecule has 0 radical (unpaired) electrons. The maximum atomic E-state index is 7.04. The molecule has 0 heterocycles. The van der Waals surface area contributed by atoms with E-state index in [9.17, 15) is 0 Å². The first kappa shape index (κ1) is 47.5. The first-order valence-corrected chi connectivity index (χ1v) is 33.0. The van der Waals surface area contributed by atoms with Crippen molar-refractivity contribution in [2.75, 3.05) is 0 Å². The quantitative estimate of drug-likeness (QED) is 0.163. The van der Waals surface area contributed by atoms with Crippen LogP contribution in [0.5, 0.6) is 0 Å². The van der Waals surface area contributed by atoms with Crippen LogP contribution in [0.2, 0.25) is 31.7 Å². The Morgan fingerprint density at radius 2 is 1.12 bits per heavy atom. The van der Waals surface area contributed by atoms with Crippen LogP contribution in [0.1, 0.15) is 161 Å². The van der Waals surface area contributed by atoms with Crippen LogP contribution in [0.25, 0.3) is 11.1 Å². The van der Waals surface area contributed by atoms with Crippen molar-refractivity contribution in [1.82, 2.24) is 0 Å². The van der Waals surface area contributed by atoms with E-state index in [0.717, 1.165) is 23.3 Å². The minimum atomic E-state index is -1.79. The maximum absolute atomic E-state index is 7.04. The number of hydrogen-bond acceptors (Lipinski definition) is 0. The fraction of sp³-hybridized carbons (Fsp3) is 0.735. The average Bonchev–Trinajstić information content (AvgIpc) is 3.78. The number of allylic oxidation sites excluding steroid dienone is 5. The summed E-state index contributed by atoms with van der Waals surface area (Å²) in [5, 5.41) is 0. The van der Waals surface area contributed by atoms with Crippen LogP contribution in [0.4, 0.5) is 0 Å². The third-order valence-electron chi connectivity index (χ3n) is 14.6. The Bertz CT molecular complexity index is 1810. The number of nitrogens with zero attached hydrogens (tertiary/aromatic N) is 1. The molecule has 1 fully saturated rings. The number of hydrogen-bond donors (Lipinski definition) is 0. The summed E-state index contributed by atoms with van der Waals surface area (Å²) in [5.74, 6) is 2.44. The van der Waals surface area contributed by atoms with E-state index in [2.05, 4.69) is 122 Å². The van der Waals surface area contributed by atoms with Gasteiger partial charge in [-0.25, -0.2) is 0 Å². The topological polar surface area (TPSA) is 14.1 Å². The summed E-state index contributed by atoms with van der Waals surface area (Å²) < 4.78 is 0. The van der Waals surface area contributed by atoms with Crippen molar-refractivity contribution >= 4 is 51.4 Å². The van der Waals surface area contributed by atoms with Crippen molar-refractivity contribution in [2.45, 2.75) is 191 Å². The van der Waals surface area contributed by atoms with Gasteiger partial charge in [-0.3, -0.25) is 0 Å². The Labute approximate surface area is 369 Å². The number of benzene rings is 1. The number of rotatable bonds is 3. The van der Waals surface area contributed by atoms with Gasteiger partial charge in [-0.2, -0.15) is 11.1 Å². The zero-order valence-corrected chi connectivity index (χ0v) is 44.7. The third kappa shape index (κ3) is 9.13. The molecule has 1 aromatic carbocycles. The minimum absolute atomic E-state index is 0. The Balaban J connectivity index is 0.000000199. The molecule has 7 heteroatoms. The van der Waals surface area contributed by atoms with Crippen molar-refractivity contribution in [3.8, 4) is 0 Å². The number of fused-ring (bicyclic) bond motifs is 10. The summed E-state index contributed by atoms with van der Waals surface area (Å²) in [7, 11) is 6.29. The van der Waals surface area contributed by atoms with Crippen molar-refractivity contribution < 1.29 is 17.0 Å². The van der Waals surface area contributed by atoms with Gasteiger partial charge in [0.2, 0.25) is 0 Å². The molecule has 7 aliphatic carbocycles. The van der Waals surface area contributed by atoms with Gasteiger partial charge in [-0.05, 0) is 149 Å². The van der Waals surface area contributed by atoms with E-state index in [-0.39, 0.29) is 13.0 Å². The normalized spacial score (nSPS) is 29.8. The third-order valence-corrected chi connectivity index (χ3v) is 21.2. The second-order valence-corrected chi connectivity index (χ2v) is 38.0. The molecule has 0 amide bonds. The fourth-order valence-corrected chi connectivity index (χ4v) is 21.6. The second kappa shape index (κ2) is 15.6. The molecule has 1 saturated carbocycles. The predicted octanol–water partition coefficient (Wildman–Crippen LogP) is 16.5. The molecule has 0 saturated heterocycles. The fourth-order valence-electron chi connectivity index (χ4n) is 13.8. The summed E-state index contributed by atoms with van der Waals surface area (Å²) >= 11 is 6.48. The molecule has 0 aliphatic heterocycles. The SMILES string of the molecule is CC1=Cc2c3c(c4c(c2C1[Si](C)(C)Cl)CC(C)(C)C4)CC(C)(C)C3.CC1CC2C3=C(CC(C)(C)C3)C3=C(CC(C)(C)C3)C2C1[Si](C)(C)[N-]C(C)(C)C.[CH3-].[Cl][Ti][Cl]. The zero-order valence-electron chi connectivity index (χ0n) is 38.9. The Kier molecular flexibility index (Phi) is 13.3. The second-order valence-electron chi connectivity index (χ2n) is 24.6. The molecule has 1 aromatic rings. The van der Waals surface area contributed by atoms with Crippen LogP contribution in [-0.4, -0.2) is 21.2 Å². The molecule has 8 rings (SSSR count). The number of halogens is 3. The molecule has 1 nitrogen and oxygen atoms in total. The molecule has 0 aromatic heterocycles. The van der Waals surface area contributed by atoms with Crippen LogP contribution in [-0.2, 0) is 42.7 Å². The van der Waals surface area contributed by atoms with Gasteiger partial charge in [0.15, 0.2) is 7.38 Å². The van der Waals surface area contributed by atoms with Gasteiger partial charge in [0.25, 0.3) is 0 Å². The van der Waals surface area contributed by atoms with Gasteiger partial charge in [0.1, 0.15) is 0 Å². The zero-order chi connectivity index (χ0) is 41.2. The van der Waals surface area contributed by atoms with E-state index >= 15 is 0 Å². The van der Waals surface area contributed by atoms with Gasteiger partial charge >= 0.3 is 35.6 Å². The summed E-state index contributed by atoms with van der Waals surface area (Å²) in [6, 6.07) is 0. The molecule has 5 atom stereocenters. The molecule has 56 heavy (non-hydrogen) atoms. The van der Waals surface area contributed by atoms with E-state index in [0.29, 0.717) is 27.2 Å². The molecule has 7 aliphatic rings. The molecule has 0 bridgehead atoms. The van der Waals surface area contributed by atoms with Crippen LogP contribution < -0.4 is 0 Å². The van der Waals surface area contributed by atoms with Gasteiger partial charge in [-0.15, -0.1) is 5.54 Å². The molecule has 0 N–H and O–H groups in total. The molecule has 314 valence electrons.